The van der Waals surface area contributed by atoms with Crippen LogP contribution >= 0.6 is 15.9 Å². The molecule has 0 saturated carbocycles. The van der Waals surface area contributed by atoms with Gasteiger partial charge in [0.25, 0.3) is 0 Å². The number of benzene rings is 2. The number of guanidine groups is 1. The van der Waals surface area contributed by atoms with E-state index in [1.807, 2.05) is 47.4 Å². The van der Waals surface area contributed by atoms with Crippen molar-refractivity contribution in [2.75, 3.05) is 19.6 Å². The van der Waals surface area contributed by atoms with Crippen molar-refractivity contribution in [3.63, 3.8) is 0 Å². The number of amides is 1. The fourth-order valence-electron chi connectivity index (χ4n) is 4.01. The van der Waals surface area contributed by atoms with Gasteiger partial charge in [-0.25, -0.2) is 9.79 Å². The molecule has 0 radical (unpaired) electrons. The molecule has 1 unspecified atom stereocenters. The number of nitrogens with zero attached hydrogens (tertiary/aromatic N) is 3. The van der Waals surface area contributed by atoms with Gasteiger partial charge in [-0.1, -0.05) is 58.4 Å². The van der Waals surface area contributed by atoms with Gasteiger partial charge in [0.2, 0.25) is 5.96 Å². The fraction of sp³-hybridized carbons (Fsp3) is 0.391. The number of aliphatic imine (C=N–C) groups is 1. The summed E-state index contributed by atoms with van der Waals surface area (Å²) < 4.78 is 6.74. The molecule has 1 atom stereocenters. The Balaban J connectivity index is 1.38. The van der Waals surface area contributed by atoms with Crippen LogP contribution in [0.25, 0.3) is 0 Å². The SMILES string of the molecule is NC1N=C(N2CCC(N(CCc3ccc(Br)cc3)C(=O)OCc3ccccc3)CC2)NN1. The summed E-state index contributed by atoms with van der Waals surface area (Å²) in [5.74, 6) is 0.768. The lowest BCUT2D eigenvalue weighted by Gasteiger charge is -2.38. The van der Waals surface area contributed by atoms with Crippen molar-refractivity contribution in [3.8, 4) is 0 Å². The number of hydrogen-bond donors (Lipinski definition) is 3. The van der Waals surface area contributed by atoms with E-state index in [-0.39, 0.29) is 18.7 Å². The summed E-state index contributed by atoms with van der Waals surface area (Å²) in [4.78, 5) is 21.5. The zero-order valence-corrected chi connectivity index (χ0v) is 19.5. The van der Waals surface area contributed by atoms with E-state index in [1.54, 1.807) is 0 Å². The summed E-state index contributed by atoms with van der Waals surface area (Å²) >= 11 is 3.47. The van der Waals surface area contributed by atoms with Crippen molar-refractivity contribution < 1.29 is 9.53 Å². The topological polar surface area (TPSA) is 95.2 Å². The van der Waals surface area contributed by atoms with Crippen LogP contribution in [0.4, 0.5) is 4.79 Å². The minimum Gasteiger partial charge on any atom is -0.445 e. The Kier molecular flexibility index (Phi) is 7.62. The first-order valence-corrected chi connectivity index (χ1v) is 11.7. The monoisotopic (exact) mass is 500 g/mol. The Labute approximate surface area is 196 Å². The standard InChI is InChI=1S/C23H29BrN6O2/c24-19-8-6-17(7-9-19)10-15-30(23(31)32-16-18-4-2-1-3-5-18)20-11-13-29(14-12-20)22-26-21(25)27-28-22/h1-9,20-21,27H,10-16,25H2,(H,26,28). The number of piperidine rings is 1. The molecule has 9 heteroatoms. The third-order valence-electron chi connectivity index (χ3n) is 5.79. The van der Waals surface area contributed by atoms with Crippen LogP contribution in [0, 0.1) is 0 Å². The van der Waals surface area contributed by atoms with Crippen molar-refractivity contribution >= 4 is 28.0 Å². The van der Waals surface area contributed by atoms with Gasteiger partial charge in [0.15, 0.2) is 6.29 Å². The number of carbonyl (C=O) groups excluding carboxylic acids is 1. The molecule has 0 aromatic heterocycles. The van der Waals surface area contributed by atoms with Crippen LogP contribution in [0.5, 0.6) is 0 Å². The van der Waals surface area contributed by atoms with Crippen molar-refractivity contribution in [1.82, 2.24) is 20.7 Å². The summed E-state index contributed by atoms with van der Waals surface area (Å²) in [6.45, 7) is 2.49. The molecule has 4 rings (SSSR count). The molecule has 170 valence electrons. The van der Waals surface area contributed by atoms with Crippen molar-refractivity contribution in [2.24, 2.45) is 10.7 Å². The van der Waals surface area contributed by atoms with Gasteiger partial charge in [-0.15, -0.1) is 0 Å². The summed E-state index contributed by atoms with van der Waals surface area (Å²) in [5, 5.41) is 0. The maximum absolute atomic E-state index is 13.1. The molecular weight excluding hydrogens is 472 g/mol. The highest BCUT2D eigenvalue weighted by Gasteiger charge is 2.31. The van der Waals surface area contributed by atoms with Gasteiger partial charge in [-0.05, 0) is 42.5 Å². The van der Waals surface area contributed by atoms with Crippen LogP contribution in [0.3, 0.4) is 0 Å². The van der Waals surface area contributed by atoms with Crippen LogP contribution in [-0.4, -0.2) is 53.8 Å². The number of rotatable bonds is 6. The Morgan fingerprint density at radius 1 is 1.12 bits per heavy atom. The number of hydrogen-bond acceptors (Lipinski definition) is 7. The third-order valence-corrected chi connectivity index (χ3v) is 6.32. The van der Waals surface area contributed by atoms with Crippen molar-refractivity contribution in [1.29, 1.82) is 0 Å². The summed E-state index contributed by atoms with van der Waals surface area (Å²) in [6, 6.07) is 18.1. The molecule has 1 saturated heterocycles. The average Bonchev–Trinajstić information content (AvgIpc) is 3.26. The highest BCUT2D eigenvalue weighted by atomic mass is 79.9. The smallest absolute Gasteiger partial charge is 0.410 e. The van der Waals surface area contributed by atoms with Gasteiger partial charge in [-0.3, -0.25) is 11.2 Å². The van der Waals surface area contributed by atoms with Gasteiger partial charge >= 0.3 is 6.09 Å². The van der Waals surface area contributed by atoms with E-state index in [1.165, 1.54) is 5.56 Å². The van der Waals surface area contributed by atoms with Crippen LogP contribution in [0.1, 0.15) is 24.0 Å². The second-order valence-electron chi connectivity index (χ2n) is 8.00. The fourth-order valence-corrected chi connectivity index (χ4v) is 4.27. The lowest BCUT2D eigenvalue weighted by molar-refractivity contribution is 0.0679. The molecular formula is C23H29BrN6O2. The number of carbonyl (C=O) groups is 1. The van der Waals surface area contributed by atoms with E-state index < -0.39 is 6.29 Å². The van der Waals surface area contributed by atoms with Gasteiger partial charge in [0, 0.05) is 30.1 Å². The first kappa shape index (κ1) is 22.6. The lowest BCUT2D eigenvalue weighted by atomic mass is 10.0. The number of ether oxygens (including phenoxy) is 1. The Bertz CT molecular complexity index is 916. The highest BCUT2D eigenvalue weighted by molar-refractivity contribution is 9.10. The minimum absolute atomic E-state index is 0.119. The van der Waals surface area contributed by atoms with Crippen LogP contribution in [0.15, 0.2) is 64.1 Å². The Hall–Kier alpha value is -2.62. The van der Waals surface area contributed by atoms with Crippen molar-refractivity contribution in [2.45, 2.75) is 38.2 Å². The number of hydrazine groups is 1. The molecule has 2 aliphatic heterocycles. The predicted molar refractivity (Wildman–Crippen MR) is 127 cm³/mol. The summed E-state index contributed by atoms with van der Waals surface area (Å²) in [7, 11) is 0. The molecule has 32 heavy (non-hydrogen) atoms. The molecule has 8 nitrogen and oxygen atoms in total. The number of nitrogens with two attached hydrogens (primary N) is 1. The zero-order chi connectivity index (χ0) is 22.3. The molecule has 4 N–H and O–H groups in total. The van der Waals surface area contributed by atoms with Gasteiger partial charge in [0.05, 0.1) is 0 Å². The molecule has 2 aliphatic rings. The quantitative estimate of drug-likeness (QED) is 0.564. The first-order chi connectivity index (χ1) is 15.6. The number of nitrogens with one attached hydrogen (secondary N) is 2. The molecule has 2 aromatic carbocycles. The van der Waals surface area contributed by atoms with E-state index in [2.05, 4.69) is 48.8 Å². The molecule has 2 heterocycles. The molecule has 0 bridgehead atoms. The minimum atomic E-state index is -0.418. The second-order valence-corrected chi connectivity index (χ2v) is 8.91. The van der Waals surface area contributed by atoms with Crippen molar-refractivity contribution in [3.05, 3.63) is 70.2 Å². The molecule has 0 aliphatic carbocycles. The lowest BCUT2D eigenvalue weighted by Crippen LogP contribution is -2.52. The van der Waals surface area contributed by atoms with E-state index in [0.717, 1.165) is 48.3 Å². The normalized spacial score (nSPS) is 18.8. The van der Waals surface area contributed by atoms with Gasteiger partial charge in [-0.2, -0.15) is 5.43 Å². The molecule has 2 aromatic rings. The van der Waals surface area contributed by atoms with Gasteiger partial charge in [0.1, 0.15) is 6.61 Å². The predicted octanol–water partition coefficient (Wildman–Crippen LogP) is 2.80. The average molecular weight is 501 g/mol. The van der Waals surface area contributed by atoms with E-state index in [0.29, 0.717) is 6.54 Å². The number of likely N-dealkylation sites (tertiary alicyclic amines) is 1. The Morgan fingerprint density at radius 3 is 2.50 bits per heavy atom. The van der Waals surface area contributed by atoms with E-state index >= 15 is 0 Å². The second kappa shape index (κ2) is 10.8. The van der Waals surface area contributed by atoms with Crippen LogP contribution in [0.2, 0.25) is 0 Å². The van der Waals surface area contributed by atoms with Gasteiger partial charge < -0.3 is 14.5 Å². The van der Waals surface area contributed by atoms with E-state index in [9.17, 15) is 4.79 Å². The molecule has 1 amide bonds. The van der Waals surface area contributed by atoms with Crippen LogP contribution < -0.4 is 16.6 Å². The zero-order valence-electron chi connectivity index (χ0n) is 17.9. The summed E-state index contributed by atoms with van der Waals surface area (Å²) in [5.41, 5.74) is 13.9. The maximum Gasteiger partial charge on any atom is 0.410 e. The first-order valence-electron chi connectivity index (χ1n) is 10.9. The van der Waals surface area contributed by atoms with E-state index in [4.69, 9.17) is 10.5 Å². The maximum atomic E-state index is 13.1. The highest BCUT2D eigenvalue weighted by Crippen LogP contribution is 2.20. The van der Waals surface area contributed by atoms with Crippen LogP contribution in [-0.2, 0) is 17.8 Å². The molecule has 0 spiro atoms. The third kappa shape index (κ3) is 5.99. The Morgan fingerprint density at radius 2 is 1.84 bits per heavy atom. The molecule has 1 fully saturated rings. The number of halogens is 1. The largest absolute Gasteiger partial charge is 0.445 e. The summed E-state index contributed by atoms with van der Waals surface area (Å²) in [6.07, 6.45) is 1.79.